The Bertz CT molecular complexity index is 625. The molecule has 1 amide bonds. The number of nitrogens with zero attached hydrogens (tertiary/aromatic N) is 1. The number of carbonyl (C=O) groups excluding carboxylic acids is 1. The molecule has 0 saturated carbocycles. The Morgan fingerprint density at radius 3 is 2.70 bits per heavy atom. The lowest BCUT2D eigenvalue weighted by molar-refractivity contribution is -0.120. The van der Waals surface area contributed by atoms with E-state index < -0.39 is 0 Å². The van der Waals surface area contributed by atoms with Crippen LogP contribution in [0.3, 0.4) is 0 Å². The number of furan rings is 1. The number of rotatable bonds is 6. The molecule has 6 nitrogen and oxygen atoms in total. The predicted molar refractivity (Wildman–Crippen MR) is 103 cm³/mol. The third-order valence-electron chi connectivity index (χ3n) is 3.06. The van der Waals surface area contributed by atoms with Crippen LogP contribution in [0.25, 0.3) is 0 Å². The molecule has 0 spiro atoms. The highest BCUT2D eigenvalue weighted by Gasteiger charge is 2.05. The van der Waals surface area contributed by atoms with Gasteiger partial charge in [-0.15, -0.1) is 35.3 Å². The molecule has 0 aliphatic carbocycles. The summed E-state index contributed by atoms with van der Waals surface area (Å²) in [5.41, 5.74) is 1.25. The van der Waals surface area contributed by atoms with Gasteiger partial charge in [0.1, 0.15) is 5.76 Å². The quantitative estimate of drug-likeness (QED) is 0.360. The highest BCUT2D eigenvalue weighted by molar-refractivity contribution is 14.0. The minimum absolute atomic E-state index is 0. The maximum atomic E-state index is 11.7. The van der Waals surface area contributed by atoms with Gasteiger partial charge in [0.15, 0.2) is 5.96 Å². The van der Waals surface area contributed by atoms with Crippen molar-refractivity contribution >= 4 is 47.2 Å². The smallest absolute Gasteiger partial charge is 0.239 e. The molecule has 3 N–H and O–H groups in total. The number of aliphatic imine (C=N–C) groups is 1. The number of amides is 1. The van der Waals surface area contributed by atoms with Gasteiger partial charge in [-0.2, -0.15) is 0 Å². The molecule has 0 bridgehead atoms. The standard InChI is InChI=1S/C15H20N4O2S.HI/c1-11-5-7-22-13(11)9-18-15(16-2)19-10-14(20)17-8-12-4-3-6-21-12;/h3-7H,8-10H2,1-2H3,(H,17,20)(H2,16,18,19);1H. The molecule has 0 aliphatic heterocycles. The molecule has 0 aliphatic rings. The SMILES string of the molecule is CN=C(NCC(=O)NCc1ccco1)NCc1sccc1C.I. The van der Waals surface area contributed by atoms with E-state index >= 15 is 0 Å². The lowest BCUT2D eigenvalue weighted by Crippen LogP contribution is -2.42. The van der Waals surface area contributed by atoms with Gasteiger partial charge in [0.2, 0.25) is 5.91 Å². The van der Waals surface area contributed by atoms with Crippen LogP contribution in [0, 0.1) is 6.92 Å². The van der Waals surface area contributed by atoms with E-state index in [-0.39, 0.29) is 36.4 Å². The number of guanidine groups is 1. The zero-order valence-electron chi connectivity index (χ0n) is 13.1. The molecule has 23 heavy (non-hydrogen) atoms. The van der Waals surface area contributed by atoms with E-state index in [2.05, 4.69) is 39.3 Å². The van der Waals surface area contributed by atoms with Gasteiger partial charge < -0.3 is 20.4 Å². The molecule has 2 aromatic heterocycles. The van der Waals surface area contributed by atoms with Crippen LogP contribution in [-0.2, 0) is 17.9 Å². The van der Waals surface area contributed by atoms with Crippen molar-refractivity contribution in [3.05, 3.63) is 46.0 Å². The average molecular weight is 448 g/mol. The van der Waals surface area contributed by atoms with Crippen molar-refractivity contribution in [2.45, 2.75) is 20.0 Å². The van der Waals surface area contributed by atoms with Crippen LogP contribution in [0.15, 0.2) is 39.3 Å². The molecule has 0 atom stereocenters. The van der Waals surface area contributed by atoms with E-state index in [9.17, 15) is 4.79 Å². The predicted octanol–water partition coefficient (Wildman–Crippen LogP) is 2.25. The normalized spacial score (nSPS) is 10.8. The first-order chi connectivity index (χ1) is 10.7. The summed E-state index contributed by atoms with van der Waals surface area (Å²) >= 11 is 1.70. The maximum absolute atomic E-state index is 11.7. The fourth-order valence-corrected chi connectivity index (χ4v) is 2.64. The van der Waals surface area contributed by atoms with Crippen LogP contribution in [-0.4, -0.2) is 25.5 Å². The van der Waals surface area contributed by atoms with E-state index in [1.165, 1.54) is 10.4 Å². The van der Waals surface area contributed by atoms with Crippen molar-refractivity contribution in [2.24, 2.45) is 4.99 Å². The van der Waals surface area contributed by atoms with Crippen LogP contribution >= 0.6 is 35.3 Å². The zero-order chi connectivity index (χ0) is 15.8. The van der Waals surface area contributed by atoms with Gasteiger partial charge in [0.05, 0.1) is 25.9 Å². The first-order valence-electron chi connectivity index (χ1n) is 6.95. The lowest BCUT2D eigenvalue weighted by atomic mass is 10.3. The van der Waals surface area contributed by atoms with Crippen LogP contribution in [0.4, 0.5) is 0 Å². The summed E-state index contributed by atoms with van der Waals surface area (Å²) in [5, 5.41) is 11.0. The van der Waals surface area contributed by atoms with Crippen molar-refractivity contribution in [3.8, 4) is 0 Å². The number of hydrogen-bond acceptors (Lipinski definition) is 4. The zero-order valence-corrected chi connectivity index (χ0v) is 16.2. The van der Waals surface area contributed by atoms with Crippen molar-refractivity contribution < 1.29 is 9.21 Å². The third kappa shape index (κ3) is 6.61. The van der Waals surface area contributed by atoms with Gasteiger partial charge in [-0.25, -0.2) is 0 Å². The van der Waals surface area contributed by atoms with Gasteiger partial charge in [0, 0.05) is 11.9 Å². The van der Waals surface area contributed by atoms with Gasteiger partial charge >= 0.3 is 0 Å². The van der Waals surface area contributed by atoms with Crippen molar-refractivity contribution in [3.63, 3.8) is 0 Å². The summed E-state index contributed by atoms with van der Waals surface area (Å²) in [6.07, 6.45) is 1.58. The summed E-state index contributed by atoms with van der Waals surface area (Å²) in [7, 11) is 1.68. The number of carbonyl (C=O) groups is 1. The summed E-state index contributed by atoms with van der Waals surface area (Å²) in [4.78, 5) is 17.1. The second-order valence-corrected chi connectivity index (χ2v) is 5.66. The van der Waals surface area contributed by atoms with Gasteiger partial charge in [-0.05, 0) is 36.1 Å². The number of nitrogens with one attached hydrogen (secondary N) is 3. The second kappa shape index (κ2) is 10.3. The van der Waals surface area contributed by atoms with Crippen LogP contribution in [0.5, 0.6) is 0 Å². The van der Waals surface area contributed by atoms with Crippen LogP contribution in [0.1, 0.15) is 16.2 Å². The molecule has 0 unspecified atom stereocenters. The second-order valence-electron chi connectivity index (χ2n) is 4.66. The minimum atomic E-state index is -0.119. The molecule has 0 radical (unpaired) electrons. The Hall–Kier alpha value is -1.55. The molecule has 8 heteroatoms. The van der Waals surface area contributed by atoms with Crippen LogP contribution < -0.4 is 16.0 Å². The Balaban J connectivity index is 0.00000264. The van der Waals surface area contributed by atoms with Crippen LogP contribution in [0.2, 0.25) is 0 Å². The Morgan fingerprint density at radius 1 is 1.26 bits per heavy atom. The molecule has 126 valence electrons. The molecule has 0 fully saturated rings. The fourth-order valence-electron chi connectivity index (χ4n) is 1.80. The van der Waals surface area contributed by atoms with Gasteiger partial charge in [-0.1, -0.05) is 0 Å². The summed E-state index contributed by atoms with van der Waals surface area (Å²) in [6.45, 7) is 3.31. The van der Waals surface area contributed by atoms with E-state index in [0.717, 1.165) is 5.76 Å². The topological polar surface area (TPSA) is 78.7 Å². The third-order valence-corrected chi connectivity index (χ3v) is 4.09. The maximum Gasteiger partial charge on any atom is 0.239 e. The fraction of sp³-hybridized carbons (Fsp3) is 0.333. The highest BCUT2D eigenvalue weighted by Crippen LogP contribution is 2.14. The Labute approximate surface area is 156 Å². The van der Waals surface area contributed by atoms with E-state index in [1.54, 1.807) is 30.7 Å². The first-order valence-corrected chi connectivity index (χ1v) is 7.83. The summed E-state index contributed by atoms with van der Waals surface area (Å²) in [5.74, 6) is 1.21. The van der Waals surface area contributed by atoms with E-state index in [1.807, 2.05) is 6.07 Å². The monoisotopic (exact) mass is 448 g/mol. The Kier molecular flexibility index (Phi) is 8.70. The van der Waals surface area contributed by atoms with Crippen molar-refractivity contribution in [2.75, 3.05) is 13.6 Å². The lowest BCUT2D eigenvalue weighted by Gasteiger charge is -2.11. The Morgan fingerprint density at radius 2 is 2.09 bits per heavy atom. The van der Waals surface area contributed by atoms with E-state index in [0.29, 0.717) is 19.0 Å². The highest BCUT2D eigenvalue weighted by atomic mass is 127. The molecule has 2 rings (SSSR count). The van der Waals surface area contributed by atoms with Crippen molar-refractivity contribution in [1.29, 1.82) is 0 Å². The molecule has 0 aromatic carbocycles. The molecule has 2 heterocycles. The summed E-state index contributed by atoms with van der Waals surface area (Å²) in [6, 6.07) is 5.69. The average Bonchev–Trinajstić information content (AvgIpc) is 3.17. The van der Waals surface area contributed by atoms with Crippen molar-refractivity contribution in [1.82, 2.24) is 16.0 Å². The molecule has 2 aromatic rings. The number of thiophene rings is 1. The summed E-state index contributed by atoms with van der Waals surface area (Å²) < 4.78 is 5.15. The van der Waals surface area contributed by atoms with Gasteiger partial charge in [-0.3, -0.25) is 9.79 Å². The molecule has 0 saturated heterocycles. The molecular formula is C15H21IN4O2S. The number of halogens is 1. The number of hydrogen-bond donors (Lipinski definition) is 3. The minimum Gasteiger partial charge on any atom is -0.467 e. The number of aryl methyl sites for hydroxylation is 1. The van der Waals surface area contributed by atoms with Gasteiger partial charge in [0.25, 0.3) is 0 Å². The largest absolute Gasteiger partial charge is 0.467 e. The van der Waals surface area contributed by atoms with E-state index in [4.69, 9.17) is 4.42 Å². The molecular weight excluding hydrogens is 427 g/mol. The first kappa shape index (κ1) is 19.5.